The van der Waals surface area contributed by atoms with Crippen molar-refractivity contribution in [2.45, 2.75) is 44.1 Å². The van der Waals surface area contributed by atoms with Crippen LogP contribution >= 0.6 is 0 Å². The summed E-state index contributed by atoms with van der Waals surface area (Å²) in [4.78, 5) is 28.8. The zero-order valence-corrected chi connectivity index (χ0v) is 18.0. The average Bonchev–Trinajstić information content (AvgIpc) is 3.33. The molecule has 2 heterocycles. The number of hydrogen-bond donors (Lipinski definition) is 2. The number of nitrogens with one attached hydrogen (secondary N) is 2. The summed E-state index contributed by atoms with van der Waals surface area (Å²) in [5.41, 5.74) is 2.32. The molecule has 2 aliphatic rings. The Hall–Kier alpha value is -3.29. The summed E-state index contributed by atoms with van der Waals surface area (Å²) in [6.45, 7) is 1.13. The van der Waals surface area contributed by atoms with E-state index >= 15 is 0 Å². The van der Waals surface area contributed by atoms with Crippen molar-refractivity contribution in [2.75, 3.05) is 13.1 Å². The van der Waals surface area contributed by atoms with E-state index in [2.05, 4.69) is 10.3 Å². The van der Waals surface area contributed by atoms with Crippen LogP contribution in [-0.4, -0.2) is 40.8 Å². The van der Waals surface area contributed by atoms with Gasteiger partial charge in [0.05, 0.1) is 11.2 Å². The molecule has 1 saturated carbocycles. The molecule has 0 spiro atoms. The molecule has 1 aliphatic heterocycles. The number of nitrogens with zero attached hydrogens (tertiary/aromatic N) is 1. The van der Waals surface area contributed by atoms with Gasteiger partial charge in [-0.1, -0.05) is 0 Å². The second-order valence-corrected chi connectivity index (χ2v) is 8.90. The summed E-state index contributed by atoms with van der Waals surface area (Å²) >= 11 is 0. The highest BCUT2D eigenvalue weighted by atomic mass is 19.1. The van der Waals surface area contributed by atoms with E-state index in [0.717, 1.165) is 18.1 Å². The molecule has 5 nitrogen and oxygen atoms in total. The van der Waals surface area contributed by atoms with Crippen LogP contribution in [0.4, 0.5) is 13.2 Å². The molecule has 1 aliphatic carbocycles. The predicted octanol–water partition coefficient (Wildman–Crippen LogP) is 4.63. The molecule has 2 aromatic carbocycles. The zero-order valence-electron chi connectivity index (χ0n) is 18.0. The summed E-state index contributed by atoms with van der Waals surface area (Å²) in [5.74, 6) is -1.74. The van der Waals surface area contributed by atoms with Gasteiger partial charge in [-0.15, -0.1) is 0 Å². The molecule has 8 heteroatoms. The number of halogens is 3. The summed E-state index contributed by atoms with van der Waals surface area (Å²) in [7, 11) is 0. The third-order valence-corrected chi connectivity index (χ3v) is 6.69. The lowest BCUT2D eigenvalue weighted by Gasteiger charge is -2.36. The van der Waals surface area contributed by atoms with Gasteiger partial charge in [-0.3, -0.25) is 9.59 Å². The van der Waals surface area contributed by atoms with Crippen LogP contribution in [0.5, 0.6) is 0 Å². The maximum Gasteiger partial charge on any atom is 0.222 e. The Morgan fingerprint density at radius 3 is 2.55 bits per heavy atom. The molecule has 1 saturated heterocycles. The first-order valence-electron chi connectivity index (χ1n) is 11.2. The van der Waals surface area contributed by atoms with E-state index in [4.69, 9.17) is 0 Å². The first-order valence-corrected chi connectivity index (χ1v) is 11.2. The highest BCUT2D eigenvalue weighted by Crippen LogP contribution is 2.45. The fourth-order valence-electron chi connectivity index (χ4n) is 4.96. The number of aromatic nitrogens is 1. The SMILES string of the molecule is O=C(CCN1CCCC1=O)NC1CC(c2c(-c3ccc(F)cc3)[nH]c3c(F)cc(F)cc23)C1. The van der Waals surface area contributed by atoms with Gasteiger partial charge in [0.15, 0.2) is 0 Å². The van der Waals surface area contributed by atoms with Crippen molar-refractivity contribution in [3.05, 3.63) is 59.4 Å². The first kappa shape index (κ1) is 21.6. The highest BCUT2D eigenvalue weighted by Gasteiger charge is 2.35. The number of likely N-dealkylation sites (tertiary alicyclic amines) is 1. The summed E-state index contributed by atoms with van der Waals surface area (Å²) < 4.78 is 41.9. The van der Waals surface area contributed by atoms with Crippen LogP contribution in [0.15, 0.2) is 36.4 Å². The Labute approximate surface area is 189 Å². The van der Waals surface area contributed by atoms with Crippen LogP contribution in [0.3, 0.4) is 0 Å². The minimum Gasteiger partial charge on any atom is -0.353 e. The fraction of sp³-hybridized carbons (Fsp3) is 0.360. The number of hydrogen-bond acceptors (Lipinski definition) is 2. The van der Waals surface area contributed by atoms with Gasteiger partial charge < -0.3 is 15.2 Å². The summed E-state index contributed by atoms with van der Waals surface area (Å²) in [6.07, 6.45) is 2.92. The van der Waals surface area contributed by atoms with E-state index in [9.17, 15) is 22.8 Å². The maximum atomic E-state index is 14.5. The molecule has 2 amide bonds. The van der Waals surface area contributed by atoms with Gasteiger partial charge >= 0.3 is 0 Å². The molecule has 3 aromatic rings. The van der Waals surface area contributed by atoms with Crippen LogP contribution in [0.25, 0.3) is 22.2 Å². The van der Waals surface area contributed by atoms with E-state index in [1.165, 1.54) is 18.2 Å². The quantitative estimate of drug-likeness (QED) is 0.569. The Kier molecular flexibility index (Phi) is 5.60. The van der Waals surface area contributed by atoms with E-state index in [1.54, 1.807) is 17.0 Å². The molecule has 5 rings (SSSR count). The normalized spacial score (nSPS) is 20.3. The van der Waals surface area contributed by atoms with Crippen LogP contribution in [0, 0.1) is 17.5 Å². The van der Waals surface area contributed by atoms with E-state index < -0.39 is 11.6 Å². The van der Waals surface area contributed by atoms with Gasteiger partial charge in [-0.05, 0) is 66.6 Å². The van der Waals surface area contributed by atoms with Crippen molar-refractivity contribution in [1.82, 2.24) is 15.2 Å². The standard InChI is InChI=1S/C25H24F3N3O2/c26-16-5-3-14(4-6-16)24-23(19-12-17(27)13-20(28)25(19)30-24)15-10-18(11-15)29-21(32)7-9-31-8-1-2-22(31)33/h3-6,12-13,15,18,30H,1-2,7-11H2,(H,29,32). The van der Waals surface area contributed by atoms with Crippen molar-refractivity contribution in [1.29, 1.82) is 0 Å². The van der Waals surface area contributed by atoms with Crippen LogP contribution < -0.4 is 5.32 Å². The van der Waals surface area contributed by atoms with E-state index in [1.807, 2.05) is 0 Å². The van der Waals surface area contributed by atoms with Gasteiger partial charge in [0.1, 0.15) is 17.5 Å². The topological polar surface area (TPSA) is 65.2 Å². The Bertz CT molecular complexity index is 1220. The Balaban J connectivity index is 1.32. The molecule has 33 heavy (non-hydrogen) atoms. The van der Waals surface area contributed by atoms with Crippen molar-refractivity contribution in [3.63, 3.8) is 0 Å². The minimum atomic E-state index is -0.680. The molecule has 2 N–H and O–H groups in total. The number of H-pyrrole nitrogens is 1. The van der Waals surface area contributed by atoms with Gasteiger partial charge in [-0.2, -0.15) is 0 Å². The molecular weight excluding hydrogens is 431 g/mol. The third kappa shape index (κ3) is 4.21. The second-order valence-electron chi connectivity index (χ2n) is 8.90. The van der Waals surface area contributed by atoms with Crippen LogP contribution in [0.2, 0.25) is 0 Å². The number of fused-ring (bicyclic) bond motifs is 1. The Morgan fingerprint density at radius 2 is 1.85 bits per heavy atom. The van der Waals surface area contributed by atoms with Crippen molar-refractivity contribution >= 4 is 22.7 Å². The second kappa shape index (κ2) is 8.57. The first-order chi connectivity index (χ1) is 15.9. The number of rotatable bonds is 6. The van der Waals surface area contributed by atoms with Gasteiger partial charge in [0.25, 0.3) is 0 Å². The fourth-order valence-corrected chi connectivity index (χ4v) is 4.96. The van der Waals surface area contributed by atoms with Crippen molar-refractivity contribution in [2.24, 2.45) is 0 Å². The number of carbonyl (C=O) groups excluding carboxylic acids is 2. The molecule has 0 bridgehead atoms. The van der Waals surface area contributed by atoms with Crippen LogP contribution in [0.1, 0.15) is 43.6 Å². The highest BCUT2D eigenvalue weighted by molar-refractivity contribution is 5.92. The van der Waals surface area contributed by atoms with Gasteiger partial charge in [0, 0.05) is 43.4 Å². The number of carbonyl (C=O) groups is 2. The lowest BCUT2D eigenvalue weighted by Crippen LogP contribution is -2.44. The predicted molar refractivity (Wildman–Crippen MR) is 118 cm³/mol. The van der Waals surface area contributed by atoms with Crippen LogP contribution in [-0.2, 0) is 9.59 Å². The Morgan fingerprint density at radius 1 is 1.09 bits per heavy atom. The average molecular weight is 455 g/mol. The molecule has 2 fully saturated rings. The molecule has 172 valence electrons. The van der Waals surface area contributed by atoms with E-state index in [-0.39, 0.29) is 41.5 Å². The largest absolute Gasteiger partial charge is 0.353 e. The van der Waals surface area contributed by atoms with Gasteiger partial charge in [0.2, 0.25) is 11.8 Å². The molecule has 0 radical (unpaired) electrons. The lowest BCUT2D eigenvalue weighted by molar-refractivity contribution is -0.128. The number of amides is 2. The minimum absolute atomic E-state index is 0.00883. The molecule has 0 atom stereocenters. The summed E-state index contributed by atoms with van der Waals surface area (Å²) in [5, 5.41) is 3.47. The zero-order chi connectivity index (χ0) is 23.1. The number of aromatic amines is 1. The molecule has 0 unspecified atom stereocenters. The lowest BCUT2D eigenvalue weighted by atomic mass is 9.74. The van der Waals surface area contributed by atoms with Crippen molar-refractivity contribution in [3.8, 4) is 11.3 Å². The third-order valence-electron chi connectivity index (χ3n) is 6.69. The molecular formula is C25H24F3N3O2. The molecule has 1 aromatic heterocycles. The summed E-state index contributed by atoms with van der Waals surface area (Å²) in [6, 6.07) is 7.99. The smallest absolute Gasteiger partial charge is 0.222 e. The van der Waals surface area contributed by atoms with E-state index in [0.29, 0.717) is 49.0 Å². The monoisotopic (exact) mass is 455 g/mol. The number of benzene rings is 2. The van der Waals surface area contributed by atoms with Gasteiger partial charge in [-0.25, -0.2) is 13.2 Å². The van der Waals surface area contributed by atoms with Crippen molar-refractivity contribution < 1.29 is 22.8 Å². The maximum absolute atomic E-state index is 14.5.